The number of aliphatic hydroxyl groups is 1. The summed E-state index contributed by atoms with van der Waals surface area (Å²) in [5.41, 5.74) is 6.44. The summed E-state index contributed by atoms with van der Waals surface area (Å²) in [6.45, 7) is 3.62. The van der Waals surface area contributed by atoms with Crippen molar-refractivity contribution < 1.29 is 14.6 Å². The highest BCUT2D eigenvalue weighted by Gasteiger charge is 2.24. The van der Waals surface area contributed by atoms with Gasteiger partial charge < -0.3 is 20.9 Å². The van der Waals surface area contributed by atoms with Gasteiger partial charge in [0.05, 0.1) is 12.0 Å². The second kappa shape index (κ2) is 7.61. The molecule has 0 radical (unpaired) electrons. The van der Waals surface area contributed by atoms with E-state index in [4.69, 9.17) is 10.5 Å². The van der Waals surface area contributed by atoms with Crippen LogP contribution in [0.3, 0.4) is 0 Å². The summed E-state index contributed by atoms with van der Waals surface area (Å²) in [5, 5.41) is 12.8. The van der Waals surface area contributed by atoms with E-state index in [1.165, 1.54) is 0 Å². The van der Waals surface area contributed by atoms with Crippen molar-refractivity contribution in [2.45, 2.75) is 57.8 Å². The Kier molecular flexibility index (Phi) is 5.80. The molecule has 0 saturated heterocycles. The molecule has 1 saturated carbocycles. The normalized spacial score (nSPS) is 24.4. The number of rotatable bonds is 5. The number of anilines is 1. The first-order chi connectivity index (χ1) is 10.5. The van der Waals surface area contributed by atoms with Crippen LogP contribution in [0.25, 0.3) is 0 Å². The maximum Gasteiger partial charge on any atom is 0.228 e. The quantitative estimate of drug-likeness (QED) is 0.779. The molecular weight excluding hydrogens is 280 g/mol. The molecule has 0 bridgehead atoms. The zero-order valence-corrected chi connectivity index (χ0v) is 13.3. The minimum Gasteiger partial charge on any atom is -0.488 e. The lowest BCUT2D eigenvalue weighted by Crippen LogP contribution is -2.34. The molecule has 1 aromatic rings. The number of carbonyl (C=O) groups excluding carboxylic acids is 1. The lowest BCUT2D eigenvalue weighted by molar-refractivity contribution is -0.119. The average Bonchev–Trinajstić information content (AvgIpc) is 2.50. The molecule has 0 heterocycles. The molecule has 2 rings (SSSR count). The van der Waals surface area contributed by atoms with Crippen LogP contribution in [-0.4, -0.2) is 29.3 Å². The molecule has 5 nitrogen and oxygen atoms in total. The molecule has 5 heteroatoms. The highest BCUT2D eigenvalue weighted by atomic mass is 16.5. The predicted octanol–water partition coefficient (Wildman–Crippen LogP) is 2.29. The van der Waals surface area contributed by atoms with Crippen LogP contribution in [0.1, 0.15) is 39.5 Å². The number of ether oxygens (including phenoxy) is 1. The fourth-order valence-electron chi connectivity index (χ4n) is 2.50. The molecule has 122 valence electrons. The Morgan fingerprint density at radius 2 is 1.91 bits per heavy atom. The number of hydrogen-bond acceptors (Lipinski definition) is 4. The summed E-state index contributed by atoms with van der Waals surface area (Å²) in [6.07, 6.45) is 3.31. The van der Waals surface area contributed by atoms with Crippen molar-refractivity contribution in [1.82, 2.24) is 0 Å². The van der Waals surface area contributed by atoms with Crippen LogP contribution in [0.15, 0.2) is 24.3 Å². The molecule has 1 fully saturated rings. The summed E-state index contributed by atoms with van der Waals surface area (Å²) in [7, 11) is 0. The minimum absolute atomic E-state index is 0.0913. The van der Waals surface area contributed by atoms with E-state index in [0.29, 0.717) is 11.4 Å². The summed E-state index contributed by atoms with van der Waals surface area (Å²) in [5.74, 6) is 0.379. The molecule has 4 atom stereocenters. The van der Waals surface area contributed by atoms with Crippen LogP contribution in [0.5, 0.6) is 5.75 Å². The summed E-state index contributed by atoms with van der Waals surface area (Å²) < 4.78 is 5.83. The second-order valence-electron chi connectivity index (χ2n) is 6.17. The third-order valence-corrected chi connectivity index (χ3v) is 4.28. The van der Waals surface area contributed by atoms with Crippen molar-refractivity contribution in [3.05, 3.63) is 24.3 Å². The van der Waals surface area contributed by atoms with E-state index in [1.54, 1.807) is 12.1 Å². The summed E-state index contributed by atoms with van der Waals surface area (Å²) >= 11 is 0. The Morgan fingerprint density at radius 3 is 2.50 bits per heavy atom. The third kappa shape index (κ3) is 4.45. The van der Waals surface area contributed by atoms with Gasteiger partial charge in [-0.05, 0) is 50.5 Å². The molecule has 1 aliphatic carbocycles. The number of nitrogens with two attached hydrogens (primary N) is 1. The van der Waals surface area contributed by atoms with Crippen molar-refractivity contribution in [2.75, 3.05) is 5.32 Å². The smallest absolute Gasteiger partial charge is 0.228 e. The van der Waals surface area contributed by atoms with E-state index < -0.39 is 0 Å². The molecule has 4 N–H and O–H groups in total. The standard InChI is InChI=1S/C17H26N2O3/c1-11(12(2)18)17(21)19-13-7-9-14(10-8-13)22-16-6-4-3-5-15(16)20/h7-12,15-16,20H,3-6,18H2,1-2H3,(H,19,21). The monoisotopic (exact) mass is 306 g/mol. The zero-order chi connectivity index (χ0) is 16.1. The Hall–Kier alpha value is -1.59. The summed E-state index contributed by atoms with van der Waals surface area (Å²) in [4.78, 5) is 11.9. The van der Waals surface area contributed by atoms with Gasteiger partial charge in [0.2, 0.25) is 5.91 Å². The first kappa shape index (κ1) is 16.8. The van der Waals surface area contributed by atoms with Crippen molar-refractivity contribution >= 4 is 11.6 Å². The van der Waals surface area contributed by atoms with Gasteiger partial charge in [-0.15, -0.1) is 0 Å². The zero-order valence-electron chi connectivity index (χ0n) is 13.3. The molecule has 0 aromatic heterocycles. The van der Waals surface area contributed by atoms with Gasteiger partial charge in [0.15, 0.2) is 0 Å². The van der Waals surface area contributed by atoms with E-state index >= 15 is 0 Å². The number of hydrogen-bond donors (Lipinski definition) is 3. The Morgan fingerprint density at radius 1 is 1.27 bits per heavy atom. The minimum atomic E-state index is -0.389. The molecule has 1 aromatic carbocycles. The van der Waals surface area contributed by atoms with Gasteiger partial charge in [-0.1, -0.05) is 13.3 Å². The van der Waals surface area contributed by atoms with Crippen LogP contribution < -0.4 is 15.8 Å². The first-order valence-electron chi connectivity index (χ1n) is 7.98. The van der Waals surface area contributed by atoms with Crippen molar-refractivity contribution in [1.29, 1.82) is 0 Å². The highest BCUT2D eigenvalue weighted by molar-refractivity contribution is 5.92. The Labute approximate surface area is 131 Å². The second-order valence-corrected chi connectivity index (χ2v) is 6.17. The van der Waals surface area contributed by atoms with E-state index in [9.17, 15) is 9.90 Å². The van der Waals surface area contributed by atoms with Crippen molar-refractivity contribution in [2.24, 2.45) is 11.7 Å². The fourth-order valence-corrected chi connectivity index (χ4v) is 2.50. The topological polar surface area (TPSA) is 84.6 Å². The highest BCUT2D eigenvalue weighted by Crippen LogP contribution is 2.25. The largest absolute Gasteiger partial charge is 0.488 e. The molecule has 0 aliphatic heterocycles. The molecule has 1 amide bonds. The maximum absolute atomic E-state index is 11.9. The van der Waals surface area contributed by atoms with Crippen LogP contribution in [0.4, 0.5) is 5.69 Å². The molecule has 22 heavy (non-hydrogen) atoms. The Bertz CT molecular complexity index is 487. The van der Waals surface area contributed by atoms with Gasteiger partial charge in [0.25, 0.3) is 0 Å². The van der Waals surface area contributed by atoms with Crippen LogP contribution in [0, 0.1) is 5.92 Å². The van der Waals surface area contributed by atoms with Gasteiger partial charge in [-0.2, -0.15) is 0 Å². The van der Waals surface area contributed by atoms with Crippen molar-refractivity contribution in [3.8, 4) is 5.75 Å². The van der Waals surface area contributed by atoms with Crippen LogP contribution in [0.2, 0.25) is 0 Å². The first-order valence-corrected chi connectivity index (χ1v) is 7.98. The Balaban J connectivity index is 1.91. The van der Waals surface area contributed by atoms with Gasteiger partial charge in [-0.25, -0.2) is 0 Å². The van der Waals surface area contributed by atoms with Crippen LogP contribution in [-0.2, 0) is 4.79 Å². The van der Waals surface area contributed by atoms with Crippen molar-refractivity contribution in [3.63, 3.8) is 0 Å². The maximum atomic E-state index is 11.9. The van der Waals surface area contributed by atoms with E-state index in [0.717, 1.165) is 25.7 Å². The molecule has 4 unspecified atom stereocenters. The molecule has 0 spiro atoms. The number of benzene rings is 1. The van der Waals surface area contributed by atoms with Gasteiger partial charge in [0, 0.05) is 11.7 Å². The van der Waals surface area contributed by atoms with Gasteiger partial charge in [-0.3, -0.25) is 4.79 Å². The van der Waals surface area contributed by atoms with Gasteiger partial charge >= 0.3 is 0 Å². The fraction of sp³-hybridized carbons (Fsp3) is 0.588. The van der Waals surface area contributed by atoms with E-state index in [1.807, 2.05) is 26.0 Å². The summed E-state index contributed by atoms with van der Waals surface area (Å²) in [6, 6.07) is 7.04. The lowest BCUT2D eigenvalue weighted by Gasteiger charge is -2.28. The lowest BCUT2D eigenvalue weighted by atomic mass is 9.95. The number of aliphatic hydroxyl groups excluding tert-OH is 1. The molecule has 1 aliphatic rings. The number of nitrogens with one attached hydrogen (secondary N) is 1. The SMILES string of the molecule is CC(N)C(C)C(=O)Nc1ccc(OC2CCCCC2O)cc1. The third-order valence-electron chi connectivity index (χ3n) is 4.28. The van der Waals surface area contributed by atoms with E-state index in [2.05, 4.69) is 5.32 Å². The number of amides is 1. The number of carbonyl (C=O) groups is 1. The average molecular weight is 306 g/mol. The predicted molar refractivity (Wildman–Crippen MR) is 86.8 cm³/mol. The molecular formula is C17H26N2O3. The van der Waals surface area contributed by atoms with E-state index in [-0.39, 0.29) is 30.1 Å². The van der Waals surface area contributed by atoms with Crippen LogP contribution >= 0.6 is 0 Å². The van der Waals surface area contributed by atoms with Gasteiger partial charge in [0.1, 0.15) is 11.9 Å².